The average Bonchev–Trinajstić information content (AvgIpc) is 2.93. The number of aromatic amines is 1. The molecule has 2 aromatic carbocycles. The van der Waals surface area contributed by atoms with Crippen molar-refractivity contribution in [2.75, 3.05) is 36.1 Å². The van der Waals surface area contributed by atoms with Crippen molar-refractivity contribution in [2.45, 2.75) is 32.5 Å². The van der Waals surface area contributed by atoms with Crippen LogP contribution >= 0.6 is 0 Å². The van der Waals surface area contributed by atoms with Gasteiger partial charge in [-0.15, -0.1) is 0 Å². The molecule has 12 nitrogen and oxygen atoms in total. The molecule has 0 bridgehead atoms. The van der Waals surface area contributed by atoms with Crippen LogP contribution in [0, 0.1) is 0 Å². The first kappa shape index (κ1) is 31.6. The second kappa shape index (κ2) is 12.9. The first-order valence-electron chi connectivity index (χ1n) is 13.3. The van der Waals surface area contributed by atoms with Crippen LogP contribution < -0.4 is 26.1 Å². The van der Waals surface area contributed by atoms with Gasteiger partial charge in [0.25, 0.3) is 0 Å². The predicted octanol–water partition coefficient (Wildman–Crippen LogP) is 5.97. The lowest BCUT2D eigenvalue weighted by Gasteiger charge is -2.24. The molecule has 0 unspecified atom stereocenters. The van der Waals surface area contributed by atoms with E-state index >= 15 is 0 Å². The molecule has 0 saturated heterocycles. The maximum Gasteiger partial charge on any atom is 0.420 e. The van der Waals surface area contributed by atoms with Crippen LogP contribution in [0.5, 0.6) is 5.75 Å². The summed E-state index contributed by atoms with van der Waals surface area (Å²) < 4.78 is 51.9. The molecule has 0 aliphatic carbocycles. The van der Waals surface area contributed by atoms with Gasteiger partial charge in [0.15, 0.2) is 5.43 Å². The monoisotopic (exact) mass is 613 g/mol. The Morgan fingerprint density at radius 3 is 2.30 bits per heavy atom. The quantitative estimate of drug-likeness (QED) is 0.190. The Morgan fingerprint density at radius 1 is 0.955 bits per heavy atom. The van der Waals surface area contributed by atoms with Crippen molar-refractivity contribution < 1.29 is 32.2 Å². The SMILES string of the molecule is CN(CCOc1ccc(NC(=O)Nc2ccc(Nc3ncnc4[nH]ccc(=O)c34)cc2)cc1C(F)(F)F)C(=O)OC(C)(C)C. The summed E-state index contributed by atoms with van der Waals surface area (Å²) in [5.41, 5.74) is -0.929. The van der Waals surface area contributed by atoms with Crippen LogP contribution in [-0.2, 0) is 10.9 Å². The minimum atomic E-state index is -4.77. The minimum absolute atomic E-state index is 0.0170. The molecule has 0 aliphatic rings. The smallest absolute Gasteiger partial charge is 0.420 e. The van der Waals surface area contributed by atoms with Crippen molar-refractivity contribution >= 4 is 46.0 Å². The van der Waals surface area contributed by atoms with Crippen molar-refractivity contribution in [3.8, 4) is 5.75 Å². The predicted molar refractivity (Wildman–Crippen MR) is 158 cm³/mol. The Morgan fingerprint density at radius 2 is 1.61 bits per heavy atom. The highest BCUT2D eigenvalue weighted by atomic mass is 19.4. The van der Waals surface area contributed by atoms with Gasteiger partial charge in [0.2, 0.25) is 0 Å². The highest BCUT2D eigenvalue weighted by Gasteiger charge is 2.35. The number of rotatable bonds is 8. The van der Waals surface area contributed by atoms with E-state index in [4.69, 9.17) is 9.47 Å². The highest BCUT2D eigenvalue weighted by molar-refractivity contribution is 6.00. The summed E-state index contributed by atoms with van der Waals surface area (Å²) in [5.74, 6) is -0.166. The number of carbonyl (C=O) groups is 2. The number of H-pyrrole nitrogens is 1. The third kappa shape index (κ3) is 8.36. The molecule has 15 heteroatoms. The summed E-state index contributed by atoms with van der Waals surface area (Å²) in [6, 6.07) is 10.0. The second-order valence-electron chi connectivity index (χ2n) is 10.5. The lowest BCUT2D eigenvalue weighted by Crippen LogP contribution is -2.36. The normalized spacial score (nSPS) is 11.5. The first-order chi connectivity index (χ1) is 20.7. The number of carbonyl (C=O) groups excluding carboxylic acids is 2. The van der Waals surface area contributed by atoms with Gasteiger partial charge < -0.3 is 35.3 Å². The van der Waals surface area contributed by atoms with E-state index in [9.17, 15) is 27.6 Å². The zero-order valence-corrected chi connectivity index (χ0v) is 24.2. The van der Waals surface area contributed by atoms with Crippen molar-refractivity contribution in [1.82, 2.24) is 19.9 Å². The Hall–Kier alpha value is -5.34. The summed E-state index contributed by atoms with van der Waals surface area (Å²) in [5, 5.41) is 8.22. The Kier molecular flexibility index (Phi) is 9.26. The van der Waals surface area contributed by atoms with E-state index in [-0.39, 0.29) is 29.7 Å². The average molecular weight is 614 g/mol. The molecule has 0 radical (unpaired) electrons. The molecule has 232 valence electrons. The van der Waals surface area contributed by atoms with E-state index in [0.29, 0.717) is 22.8 Å². The van der Waals surface area contributed by atoms with Gasteiger partial charge >= 0.3 is 18.3 Å². The topological polar surface area (TPSA) is 151 Å². The van der Waals surface area contributed by atoms with Gasteiger partial charge in [-0.05, 0) is 63.2 Å². The third-order valence-electron chi connectivity index (χ3n) is 5.89. The number of likely N-dealkylation sites (N-methyl/N-ethyl adjacent to an activating group) is 1. The molecule has 0 saturated carbocycles. The lowest BCUT2D eigenvalue weighted by molar-refractivity contribution is -0.138. The van der Waals surface area contributed by atoms with Crippen LogP contribution in [0.25, 0.3) is 11.0 Å². The van der Waals surface area contributed by atoms with E-state index < -0.39 is 35.2 Å². The number of amides is 3. The molecule has 0 aliphatic heterocycles. The zero-order valence-electron chi connectivity index (χ0n) is 24.2. The number of alkyl halides is 3. The Bertz CT molecular complexity index is 1700. The maximum absolute atomic E-state index is 13.8. The zero-order chi connectivity index (χ0) is 32.1. The minimum Gasteiger partial charge on any atom is -0.491 e. The molecule has 2 aromatic heterocycles. The summed E-state index contributed by atoms with van der Waals surface area (Å²) in [6.07, 6.45) is -2.63. The van der Waals surface area contributed by atoms with Gasteiger partial charge in [0, 0.05) is 36.4 Å². The molecular formula is C29H30F3N7O5. The number of nitrogens with one attached hydrogen (secondary N) is 4. The number of halogens is 3. The molecule has 44 heavy (non-hydrogen) atoms. The van der Waals surface area contributed by atoms with Gasteiger partial charge in [-0.25, -0.2) is 19.6 Å². The van der Waals surface area contributed by atoms with Gasteiger partial charge in [0.1, 0.15) is 41.1 Å². The van der Waals surface area contributed by atoms with Crippen molar-refractivity contribution in [3.05, 3.63) is 76.8 Å². The molecule has 4 rings (SSSR count). The number of anilines is 4. The number of hydrogen-bond donors (Lipinski definition) is 4. The number of pyridine rings is 1. The first-order valence-corrected chi connectivity index (χ1v) is 13.3. The number of benzene rings is 2. The standard InChI is InChI=1S/C29H30F3N7O5/c1-28(2,3)44-27(42)39(4)13-14-43-22-10-9-19(15-20(22)29(30,31)32)38-26(41)37-18-7-5-17(6-8-18)36-25-23-21(40)11-12-33-24(23)34-16-35-25/h5-12,15-16H,13-14H2,1-4H3,(H2,37,38,41)(H2,33,34,35,36,40). The van der Waals surface area contributed by atoms with E-state index in [2.05, 4.69) is 30.9 Å². The summed E-state index contributed by atoms with van der Waals surface area (Å²) in [7, 11) is 1.44. The maximum atomic E-state index is 13.8. The van der Waals surface area contributed by atoms with Gasteiger partial charge in [-0.2, -0.15) is 13.2 Å². The largest absolute Gasteiger partial charge is 0.491 e. The molecule has 2 heterocycles. The Labute approximate surface area is 249 Å². The van der Waals surface area contributed by atoms with Crippen LogP contribution in [0.4, 0.5) is 45.6 Å². The fraction of sp³-hybridized carbons (Fsp3) is 0.276. The highest BCUT2D eigenvalue weighted by Crippen LogP contribution is 2.38. The van der Waals surface area contributed by atoms with Crippen LogP contribution in [0.2, 0.25) is 0 Å². The fourth-order valence-corrected chi connectivity index (χ4v) is 3.85. The lowest BCUT2D eigenvalue weighted by atomic mass is 10.1. The summed E-state index contributed by atoms with van der Waals surface area (Å²) in [4.78, 5) is 49.1. The van der Waals surface area contributed by atoms with Crippen LogP contribution in [0.1, 0.15) is 26.3 Å². The van der Waals surface area contributed by atoms with Crippen molar-refractivity contribution in [3.63, 3.8) is 0 Å². The van der Waals surface area contributed by atoms with Gasteiger partial charge in [-0.1, -0.05) is 0 Å². The number of nitrogens with zero attached hydrogens (tertiary/aromatic N) is 3. The van der Waals surface area contributed by atoms with E-state index in [1.165, 1.54) is 36.6 Å². The molecule has 0 spiro atoms. The Balaban J connectivity index is 1.36. The van der Waals surface area contributed by atoms with Crippen LogP contribution in [-0.4, -0.2) is 57.8 Å². The number of ether oxygens (including phenoxy) is 2. The van der Waals surface area contributed by atoms with Gasteiger partial charge in [-0.3, -0.25) is 4.79 Å². The molecule has 0 fully saturated rings. The van der Waals surface area contributed by atoms with E-state index in [0.717, 1.165) is 12.1 Å². The van der Waals surface area contributed by atoms with Crippen molar-refractivity contribution in [2.24, 2.45) is 0 Å². The van der Waals surface area contributed by atoms with Crippen LogP contribution in [0.3, 0.4) is 0 Å². The van der Waals surface area contributed by atoms with Crippen LogP contribution in [0.15, 0.2) is 65.8 Å². The number of urea groups is 1. The summed E-state index contributed by atoms with van der Waals surface area (Å²) in [6.45, 7) is 4.86. The van der Waals surface area contributed by atoms with Crippen molar-refractivity contribution in [1.29, 1.82) is 0 Å². The summed E-state index contributed by atoms with van der Waals surface area (Å²) >= 11 is 0. The molecule has 4 aromatic rings. The second-order valence-corrected chi connectivity index (χ2v) is 10.5. The third-order valence-corrected chi connectivity index (χ3v) is 5.89. The fourth-order valence-electron chi connectivity index (χ4n) is 3.85. The van der Waals surface area contributed by atoms with E-state index in [1.807, 2.05) is 0 Å². The number of aromatic nitrogens is 3. The molecule has 0 atom stereocenters. The number of fused-ring (bicyclic) bond motifs is 1. The molecular weight excluding hydrogens is 583 g/mol. The molecule has 3 amide bonds. The van der Waals surface area contributed by atoms with E-state index in [1.54, 1.807) is 45.0 Å². The number of hydrogen-bond acceptors (Lipinski definition) is 8. The van der Waals surface area contributed by atoms with Gasteiger partial charge in [0.05, 0.1) is 12.1 Å². The molecule has 4 N–H and O–H groups in total.